The van der Waals surface area contributed by atoms with Crippen LogP contribution in [0.5, 0.6) is 0 Å². The van der Waals surface area contributed by atoms with E-state index in [1.54, 1.807) is 18.4 Å². The number of carbonyl (C=O) groups is 2. The van der Waals surface area contributed by atoms with E-state index in [0.29, 0.717) is 10.8 Å². The number of amides is 2. The lowest BCUT2D eigenvalue weighted by Gasteiger charge is -2.14. The number of hydrogen-bond donors (Lipinski definition) is 2. The first kappa shape index (κ1) is 18.7. The third-order valence-corrected chi connectivity index (χ3v) is 4.47. The summed E-state index contributed by atoms with van der Waals surface area (Å²) in [6.45, 7) is 1.60. The van der Waals surface area contributed by atoms with Crippen molar-refractivity contribution in [1.29, 1.82) is 0 Å². The second kappa shape index (κ2) is 8.09. The Kier molecular flexibility index (Phi) is 5.60. The second-order valence-electron chi connectivity index (χ2n) is 5.71. The third-order valence-electron chi connectivity index (χ3n) is 3.67. The van der Waals surface area contributed by atoms with Crippen molar-refractivity contribution in [3.8, 4) is 0 Å². The zero-order chi connectivity index (χ0) is 19.4. The minimum atomic E-state index is -0.723. The van der Waals surface area contributed by atoms with Crippen LogP contribution in [0.3, 0.4) is 0 Å². The molecular weight excluding hydrogens is 376 g/mol. The lowest BCUT2D eigenvalue weighted by Crippen LogP contribution is -2.28. The van der Waals surface area contributed by atoms with E-state index >= 15 is 0 Å². The number of halogens is 2. The van der Waals surface area contributed by atoms with Crippen molar-refractivity contribution in [2.24, 2.45) is 0 Å². The summed E-state index contributed by atoms with van der Waals surface area (Å²) in [5.41, 5.74) is 0.647. The molecule has 3 rings (SSSR count). The normalized spacial score (nSPS) is 11.8. The predicted molar refractivity (Wildman–Crippen MR) is 95.4 cm³/mol. The summed E-state index contributed by atoms with van der Waals surface area (Å²) < 4.78 is 31.7. The summed E-state index contributed by atoms with van der Waals surface area (Å²) in [7, 11) is 0. The number of anilines is 1. The van der Waals surface area contributed by atoms with Gasteiger partial charge in [0, 0.05) is 17.0 Å². The molecule has 0 bridgehead atoms. The number of aromatic nitrogens is 1. The molecule has 27 heavy (non-hydrogen) atoms. The SMILES string of the molecule is C[C@H](NC(=O)Cc1csc(NC(=O)c2ccco2)n1)c1ccc(F)cc1F. The molecule has 0 fully saturated rings. The maximum atomic E-state index is 13.8. The quantitative estimate of drug-likeness (QED) is 0.671. The van der Waals surface area contributed by atoms with Crippen LogP contribution in [0, 0.1) is 11.6 Å². The van der Waals surface area contributed by atoms with Crippen LogP contribution in [0.2, 0.25) is 0 Å². The maximum Gasteiger partial charge on any atom is 0.293 e. The van der Waals surface area contributed by atoms with Gasteiger partial charge in [-0.3, -0.25) is 14.9 Å². The van der Waals surface area contributed by atoms with Gasteiger partial charge in [0.25, 0.3) is 5.91 Å². The highest BCUT2D eigenvalue weighted by Gasteiger charge is 2.16. The molecule has 0 unspecified atom stereocenters. The van der Waals surface area contributed by atoms with Crippen molar-refractivity contribution in [1.82, 2.24) is 10.3 Å². The van der Waals surface area contributed by atoms with Crippen LogP contribution in [0.15, 0.2) is 46.4 Å². The van der Waals surface area contributed by atoms with E-state index in [0.717, 1.165) is 12.1 Å². The first-order valence-corrected chi connectivity index (χ1v) is 8.84. The molecule has 0 radical (unpaired) electrons. The average molecular weight is 391 g/mol. The maximum absolute atomic E-state index is 13.8. The van der Waals surface area contributed by atoms with Gasteiger partial charge in [0.05, 0.1) is 24.4 Å². The van der Waals surface area contributed by atoms with Gasteiger partial charge in [-0.15, -0.1) is 11.3 Å². The van der Waals surface area contributed by atoms with Crippen LogP contribution in [0.1, 0.15) is 34.8 Å². The molecule has 0 aliphatic carbocycles. The van der Waals surface area contributed by atoms with Crippen molar-refractivity contribution < 1.29 is 22.8 Å². The Morgan fingerprint density at radius 1 is 1.30 bits per heavy atom. The number of hydrogen-bond acceptors (Lipinski definition) is 5. The van der Waals surface area contributed by atoms with Crippen LogP contribution in [-0.2, 0) is 11.2 Å². The van der Waals surface area contributed by atoms with Crippen molar-refractivity contribution in [2.75, 3.05) is 5.32 Å². The van der Waals surface area contributed by atoms with Crippen molar-refractivity contribution in [3.63, 3.8) is 0 Å². The lowest BCUT2D eigenvalue weighted by molar-refractivity contribution is -0.121. The summed E-state index contributed by atoms with van der Waals surface area (Å²) in [4.78, 5) is 28.2. The van der Waals surface area contributed by atoms with Gasteiger partial charge in [0.15, 0.2) is 10.9 Å². The van der Waals surface area contributed by atoms with Crippen LogP contribution < -0.4 is 10.6 Å². The average Bonchev–Trinajstić information content (AvgIpc) is 3.26. The van der Waals surface area contributed by atoms with E-state index < -0.39 is 23.6 Å². The fraction of sp³-hybridized carbons (Fsp3) is 0.167. The van der Waals surface area contributed by atoms with Crippen molar-refractivity contribution in [2.45, 2.75) is 19.4 Å². The van der Waals surface area contributed by atoms with E-state index in [4.69, 9.17) is 4.42 Å². The Morgan fingerprint density at radius 2 is 2.11 bits per heavy atom. The number of nitrogens with one attached hydrogen (secondary N) is 2. The molecule has 0 aliphatic heterocycles. The molecule has 3 aromatic rings. The molecule has 2 aromatic heterocycles. The smallest absolute Gasteiger partial charge is 0.293 e. The molecule has 0 aliphatic rings. The topological polar surface area (TPSA) is 84.2 Å². The molecule has 2 amide bonds. The molecule has 0 saturated heterocycles. The van der Waals surface area contributed by atoms with Crippen LogP contribution >= 0.6 is 11.3 Å². The first-order chi connectivity index (χ1) is 12.9. The molecular formula is C18H15F2N3O3S. The van der Waals surface area contributed by atoms with Crippen LogP contribution in [0.25, 0.3) is 0 Å². The lowest BCUT2D eigenvalue weighted by atomic mass is 10.1. The van der Waals surface area contributed by atoms with Crippen LogP contribution in [-0.4, -0.2) is 16.8 Å². The fourth-order valence-corrected chi connectivity index (χ4v) is 3.10. The largest absolute Gasteiger partial charge is 0.459 e. The minimum absolute atomic E-state index is 0.0414. The van der Waals surface area contributed by atoms with Gasteiger partial charge in [-0.2, -0.15) is 0 Å². The minimum Gasteiger partial charge on any atom is -0.459 e. The number of rotatable bonds is 6. The van der Waals surface area contributed by atoms with Gasteiger partial charge in [0.1, 0.15) is 11.6 Å². The number of thiazole rings is 1. The zero-order valence-corrected chi connectivity index (χ0v) is 15.0. The molecule has 0 spiro atoms. The molecule has 2 N–H and O–H groups in total. The molecule has 0 saturated carbocycles. The van der Waals surface area contributed by atoms with Crippen molar-refractivity contribution >= 4 is 28.3 Å². The number of carbonyl (C=O) groups excluding carboxylic acids is 2. The number of benzene rings is 1. The second-order valence-corrected chi connectivity index (χ2v) is 6.57. The molecule has 1 aromatic carbocycles. The molecule has 140 valence electrons. The highest BCUT2D eigenvalue weighted by Crippen LogP contribution is 2.19. The predicted octanol–water partition coefficient (Wildman–Crippen LogP) is 3.69. The molecule has 9 heteroatoms. The highest BCUT2D eigenvalue weighted by molar-refractivity contribution is 7.14. The summed E-state index contributed by atoms with van der Waals surface area (Å²) >= 11 is 1.17. The number of nitrogens with zero attached hydrogens (tertiary/aromatic N) is 1. The van der Waals surface area contributed by atoms with Gasteiger partial charge in [-0.25, -0.2) is 13.8 Å². The van der Waals surface area contributed by atoms with E-state index in [1.165, 1.54) is 29.7 Å². The number of furan rings is 1. The monoisotopic (exact) mass is 391 g/mol. The van der Waals surface area contributed by atoms with Crippen molar-refractivity contribution in [3.05, 3.63) is 70.6 Å². The van der Waals surface area contributed by atoms with Gasteiger partial charge in [-0.05, 0) is 25.1 Å². The Hall–Kier alpha value is -3.07. The first-order valence-electron chi connectivity index (χ1n) is 7.96. The Labute approximate surface area is 157 Å². The summed E-state index contributed by atoms with van der Waals surface area (Å²) in [5, 5.41) is 7.18. The standard InChI is InChI=1S/C18H15F2N3O3S/c1-10(13-5-4-11(19)7-14(13)20)21-16(24)8-12-9-27-18(22-12)23-17(25)15-3-2-6-26-15/h2-7,9-10H,8H2,1H3,(H,21,24)(H,22,23,25)/t10-/m0/s1. The van der Waals surface area contributed by atoms with E-state index in [-0.39, 0.29) is 23.7 Å². The molecule has 6 nitrogen and oxygen atoms in total. The third kappa shape index (κ3) is 4.76. The van der Waals surface area contributed by atoms with E-state index in [2.05, 4.69) is 15.6 Å². The molecule has 2 heterocycles. The fourth-order valence-electron chi connectivity index (χ4n) is 2.40. The van der Waals surface area contributed by atoms with E-state index in [1.807, 2.05) is 0 Å². The van der Waals surface area contributed by atoms with Crippen LogP contribution in [0.4, 0.5) is 13.9 Å². The Balaban J connectivity index is 1.56. The van der Waals surface area contributed by atoms with Gasteiger partial charge >= 0.3 is 0 Å². The van der Waals surface area contributed by atoms with Gasteiger partial charge in [-0.1, -0.05) is 6.07 Å². The van der Waals surface area contributed by atoms with E-state index in [9.17, 15) is 18.4 Å². The molecule has 1 atom stereocenters. The summed E-state index contributed by atoms with van der Waals surface area (Å²) in [6.07, 6.45) is 1.35. The Bertz CT molecular complexity index is 957. The summed E-state index contributed by atoms with van der Waals surface area (Å²) in [5.74, 6) is -2.06. The summed E-state index contributed by atoms with van der Waals surface area (Å²) in [6, 6.07) is 5.68. The Morgan fingerprint density at radius 3 is 2.81 bits per heavy atom. The highest BCUT2D eigenvalue weighted by atomic mass is 32.1. The van der Waals surface area contributed by atoms with Gasteiger partial charge < -0.3 is 9.73 Å². The van der Waals surface area contributed by atoms with Gasteiger partial charge in [0.2, 0.25) is 5.91 Å². The zero-order valence-electron chi connectivity index (χ0n) is 14.2.